The average molecular weight is 717 g/mol. The molecule has 20 heteroatoms. The van der Waals surface area contributed by atoms with Crippen LogP contribution in [-0.2, 0) is 43.9 Å². The van der Waals surface area contributed by atoms with Gasteiger partial charge in [-0.25, -0.2) is 14.5 Å². The summed E-state index contributed by atoms with van der Waals surface area (Å²) in [5.74, 6) is -0.343. The van der Waals surface area contributed by atoms with Crippen molar-refractivity contribution in [2.75, 3.05) is 26.1 Å². The van der Waals surface area contributed by atoms with Crippen LogP contribution >= 0.6 is 19.0 Å². The third kappa shape index (κ3) is 6.37. The Labute approximate surface area is 282 Å². The highest BCUT2D eigenvalue weighted by Gasteiger charge is 2.56. The second-order valence-electron chi connectivity index (χ2n) is 11.7. The first-order chi connectivity index (χ1) is 23.5. The molecular formula is C29H33N8O10PS. The summed E-state index contributed by atoms with van der Waals surface area (Å²) in [7, 11) is 1.18. The van der Waals surface area contributed by atoms with Gasteiger partial charge in [-0.2, -0.15) is 4.98 Å². The van der Waals surface area contributed by atoms with Gasteiger partial charge in [-0.05, 0) is 24.5 Å². The quantitative estimate of drug-likeness (QED) is 0.0913. The summed E-state index contributed by atoms with van der Waals surface area (Å²) in [5, 5.41) is 0.331. The molecule has 3 aliphatic rings. The number of carbonyl (C=O) groups excluding carboxylic acids is 1. The number of nitrogens with two attached hydrogens (primary N) is 2. The number of ether oxygens (including phenoxy) is 4. The van der Waals surface area contributed by atoms with Crippen molar-refractivity contribution < 1.29 is 37.4 Å². The van der Waals surface area contributed by atoms with Crippen LogP contribution in [0.5, 0.6) is 0 Å². The molecule has 0 bridgehead atoms. The fourth-order valence-electron chi connectivity index (χ4n) is 6.09. The monoisotopic (exact) mass is 716 g/mol. The van der Waals surface area contributed by atoms with E-state index in [1.165, 1.54) is 24.3 Å². The van der Waals surface area contributed by atoms with Gasteiger partial charge in [-0.15, -0.1) is 0 Å². The van der Waals surface area contributed by atoms with Crippen LogP contribution in [0.4, 0.5) is 5.95 Å². The molecule has 8 atom stereocenters. The summed E-state index contributed by atoms with van der Waals surface area (Å²) in [4.78, 5) is 53.8. The summed E-state index contributed by atoms with van der Waals surface area (Å²) in [6, 6.07) is 5.20. The van der Waals surface area contributed by atoms with Crippen LogP contribution in [0.1, 0.15) is 30.9 Å². The molecule has 2 saturated heterocycles. The van der Waals surface area contributed by atoms with Crippen molar-refractivity contribution in [1.29, 1.82) is 0 Å². The number of H-pyrrole nitrogens is 1. The summed E-state index contributed by atoms with van der Waals surface area (Å²) < 4.78 is 49.8. The summed E-state index contributed by atoms with van der Waals surface area (Å²) in [6.07, 6.45) is -1.71. The third-order valence-corrected chi connectivity index (χ3v) is 10.4. The van der Waals surface area contributed by atoms with Gasteiger partial charge in [-0.1, -0.05) is 31.0 Å². The van der Waals surface area contributed by atoms with Crippen molar-refractivity contribution in [1.82, 2.24) is 29.1 Å². The molecule has 2 aliphatic heterocycles. The van der Waals surface area contributed by atoms with Crippen molar-refractivity contribution in [2.24, 2.45) is 5.73 Å². The second-order valence-corrected chi connectivity index (χ2v) is 14.8. The number of aromatic nitrogens is 6. The molecule has 1 aliphatic carbocycles. The molecule has 5 N–H and O–H groups in total. The molecule has 4 aromatic rings. The highest BCUT2D eigenvalue weighted by atomic mass is 32.7. The summed E-state index contributed by atoms with van der Waals surface area (Å²) in [6.45, 7) is 0.282. The number of nitrogens with one attached hydrogen (secondary N) is 1. The zero-order chi connectivity index (χ0) is 34.6. The van der Waals surface area contributed by atoms with Gasteiger partial charge in [0.15, 0.2) is 35.4 Å². The number of imidazole rings is 1. The molecule has 1 saturated carbocycles. The lowest BCUT2D eigenvalue weighted by Crippen LogP contribution is -2.31. The molecule has 0 radical (unpaired) electrons. The molecule has 5 heterocycles. The van der Waals surface area contributed by atoms with E-state index in [1.807, 2.05) is 0 Å². The van der Waals surface area contributed by atoms with Gasteiger partial charge in [0.05, 0.1) is 36.5 Å². The molecule has 49 heavy (non-hydrogen) atoms. The lowest BCUT2D eigenvalue weighted by atomic mass is 10.1. The van der Waals surface area contributed by atoms with Crippen molar-refractivity contribution in [3.05, 3.63) is 69.3 Å². The number of nitrogen functional groups attached to an aromatic ring is 1. The van der Waals surface area contributed by atoms with Crippen LogP contribution in [-0.4, -0.2) is 85.7 Å². The van der Waals surface area contributed by atoms with Crippen molar-refractivity contribution >= 4 is 52.8 Å². The number of fused-ring (bicyclic) bond motifs is 2. The number of carbonyl (C=O) groups is 1. The molecule has 18 nitrogen and oxygen atoms in total. The minimum atomic E-state index is -3.73. The van der Waals surface area contributed by atoms with E-state index in [-0.39, 0.29) is 43.1 Å². The smallest absolute Gasteiger partial charge is 0.369 e. The van der Waals surface area contributed by atoms with Crippen LogP contribution in [0.15, 0.2) is 52.6 Å². The van der Waals surface area contributed by atoms with E-state index in [0.29, 0.717) is 40.5 Å². The average Bonchev–Trinajstić information content (AvgIpc) is 3.48. The fraction of sp³-hybridized carbons (Fsp3) is 0.448. The normalized spacial score (nSPS) is 28.1. The second kappa shape index (κ2) is 13.2. The maximum absolute atomic E-state index is 13.6. The predicted octanol–water partition coefficient (Wildman–Crippen LogP) is 1.12. The Kier molecular flexibility index (Phi) is 9.05. The number of hydrogen-bond acceptors (Lipinski definition) is 15. The lowest BCUT2D eigenvalue weighted by molar-refractivity contribution is -0.117. The molecule has 3 aromatic heterocycles. The predicted molar refractivity (Wildman–Crippen MR) is 176 cm³/mol. The maximum Gasteiger partial charge on any atom is 0.385 e. The Balaban J connectivity index is 1.03. The number of thiol groups is 1. The number of benzene rings is 1. The first-order valence-electron chi connectivity index (χ1n) is 15.2. The molecule has 0 spiro atoms. The van der Waals surface area contributed by atoms with Crippen LogP contribution < -0.4 is 22.6 Å². The van der Waals surface area contributed by atoms with Gasteiger partial charge in [0, 0.05) is 19.2 Å². The Morgan fingerprint density at radius 2 is 1.90 bits per heavy atom. The SMILES string of the molecule is C=C1[C@H](n2cnc3cccc(CN)c3c2=O)O[C@H](COP(=O)(S)OC)[C@H]1OC1C(=O)C1OC[C@@H]1CC[C@H](n2cnc3c(=O)[nH]c(N)nc32)O1. The first kappa shape index (κ1) is 33.7. The topological polar surface area (TPSA) is 240 Å². The summed E-state index contributed by atoms with van der Waals surface area (Å²) in [5.41, 5.74) is 12.5. The molecule has 1 aromatic carbocycles. The fourth-order valence-corrected chi connectivity index (χ4v) is 6.74. The number of nitrogens with zero attached hydrogens (tertiary/aromatic N) is 5. The maximum atomic E-state index is 13.6. The van der Waals surface area contributed by atoms with E-state index in [0.717, 1.165) is 0 Å². The highest BCUT2D eigenvalue weighted by molar-refractivity contribution is 8.44. The number of aromatic amines is 1. The van der Waals surface area contributed by atoms with Crippen molar-refractivity contribution in [2.45, 2.75) is 62.4 Å². The van der Waals surface area contributed by atoms with E-state index in [9.17, 15) is 18.9 Å². The Bertz CT molecular complexity index is 2120. The Morgan fingerprint density at radius 3 is 2.67 bits per heavy atom. The van der Waals surface area contributed by atoms with Crippen molar-refractivity contribution in [3.8, 4) is 0 Å². The van der Waals surface area contributed by atoms with Gasteiger partial charge in [0.25, 0.3) is 11.1 Å². The van der Waals surface area contributed by atoms with Crippen LogP contribution in [0.3, 0.4) is 0 Å². The molecule has 0 amide bonds. The number of ketones is 1. The highest BCUT2D eigenvalue weighted by Crippen LogP contribution is 2.53. The molecular weight excluding hydrogens is 683 g/mol. The van der Waals surface area contributed by atoms with Crippen LogP contribution in [0.2, 0.25) is 0 Å². The van der Waals surface area contributed by atoms with Gasteiger partial charge in [-0.3, -0.25) is 33.0 Å². The molecule has 3 unspecified atom stereocenters. The van der Waals surface area contributed by atoms with E-state index >= 15 is 0 Å². The van der Waals surface area contributed by atoms with Gasteiger partial charge >= 0.3 is 6.80 Å². The van der Waals surface area contributed by atoms with Crippen molar-refractivity contribution in [3.63, 3.8) is 0 Å². The molecule has 7 rings (SSSR count). The minimum absolute atomic E-state index is 0.0362. The lowest BCUT2D eigenvalue weighted by Gasteiger charge is -2.20. The summed E-state index contributed by atoms with van der Waals surface area (Å²) >= 11 is 3.92. The number of anilines is 1. The Morgan fingerprint density at radius 1 is 1.10 bits per heavy atom. The first-order valence-corrected chi connectivity index (χ1v) is 17.9. The van der Waals surface area contributed by atoms with Gasteiger partial charge in [0.1, 0.15) is 24.8 Å². The number of rotatable bonds is 12. The standard InChI is InChI=1S/C29H33N8O10PS/c1-13-22(17(10-44-48(41,49)42-2)46-28(13)37-11-32-16-5-3-4-14(8-30)19(16)27(37)40)47-24-21(38)23(24)43-9-15-6-7-18(45-15)36-12-33-20-25(36)34-29(31)35-26(20)39/h3-5,11-12,15,17-18,22-24,28H,1,6-10,30H2,2H3,(H,41,49)(H3,31,34,35,39)/t15-,17+,18+,22-,23?,24?,28+,48?/m0/s1. The third-order valence-electron chi connectivity index (χ3n) is 8.66. The largest absolute Gasteiger partial charge is 0.385 e. The molecule has 260 valence electrons. The Hall–Kier alpha value is -3.78. The van der Waals surface area contributed by atoms with Gasteiger partial charge < -0.3 is 34.9 Å². The van der Waals surface area contributed by atoms with E-state index in [4.69, 9.17) is 39.5 Å². The number of Topliss-reactive ketones (excluding diaryl/α,β-unsaturated/α-hetero) is 1. The van der Waals surface area contributed by atoms with Gasteiger partial charge in [0.2, 0.25) is 5.95 Å². The van der Waals surface area contributed by atoms with E-state index in [2.05, 4.69) is 38.8 Å². The zero-order valence-corrected chi connectivity index (χ0v) is 27.8. The zero-order valence-electron chi connectivity index (χ0n) is 26.0. The number of hydrogen-bond donors (Lipinski definition) is 4. The van der Waals surface area contributed by atoms with Crippen LogP contribution in [0.25, 0.3) is 22.1 Å². The molecule has 3 fully saturated rings. The van der Waals surface area contributed by atoms with Crippen LogP contribution in [0, 0.1) is 0 Å². The van der Waals surface area contributed by atoms with E-state index in [1.54, 1.807) is 22.8 Å². The minimum Gasteiger partial charge on any atom is -0.369 e. The van der Waals surface area contributed by atoms with E-state index < -0.39 is 54.8 Å².